The molecule has 2 heterocycles. The molecule has 0 unspecified atom stereocenters. The molecule has 5 nitrogen and oxygen atoms in total. The number of carbonyl (C=O) groups is 1. The monoisotopic (exact) mass is 346 g/mol. The number of amides is 1. The molecule has 6 heteroatoms. The highest BCUT2D eigenvalue weighted by Crippen LogP contribution is 2.29. The number of hydrogen-bond acceptors (Lipinski definition) is 5. The molecule has 2 aromatic rings. The van der Waals surface area contributed by atoms with Crippen LogP contribution in [0.15, 0.2) is 24.3 Å². The van der Waals surface area contributed by atoms with Crippen LogP contribution in [0.1, 0.15) is 35.1 Å². The fraction of sp³-hybridized carbons (Fsp3) is 0.444. The zero-order valence-corrected chi connectivity index (χ0v) is 15.0. The van der Waals surface area contributed by atoms with Crippen molar-refractivity contribution in [1.29, 1.82) is 0 Å². The molecule has 1 amide bonds. The second-order valence-corrected chi connectivity index (χ2v) is 6.97. The van der Waals surface area contributed by atoms with E-state index < -0.39 is 0 Å². The highest BCUT2D eigenvalue weighted by molar-refractivity contribution is 7.17. The fourth-order valence-corrected chi connectivity index (χ4v) is 3.80. The van der Waals surface area contributed by atoms with Crippen LogP contribution in [0.4, 0.5) is 0 Å². The van der Waals surface area contributed by atoms with E-state index in [-0.39, 0.29) is 18.1 Å². The first-order valence-corrected chi connectivity index (χ1v) is 8.94. The summed E-state index contributed by atoms with van der Waals surface area (Å²) >= 11 is 1.41. The highest BCUT2D eigenvalue weighted by atomic mass is 32.1. The summed E-state index contributed by atoms with van der Waals surface area (Å²) in [6.07, 6.45) is 2.18. The molecule has 3 rings (SSSR count). The Morgan fingerprint density at radius 3 is 2.79 bits per heavy atom. The van der Waals surface area contributed by atoms with Crippen molar-refractivity contribution in [1.82, 2.24) is 10.3 Å². The summed E-state index contributed by atoms with van der Waals surface area (Å²) < 4.78 is 10.8. The Balaban J connectivity index is 1.73. The predicted octanol–water partition coefficient (Wildman–Crippen LogP) is 3.42. The van der Waals surface area contributed by atoms with Gasteiger partial charge in [0.25, 0.3) is 5.91 Å². The van der Waals surface area contributed by atoms with Crippen molar-refractivity contribution >= 4 is 17.2 Å². The van der Waals surface area contributed by atoms with E-state index in [1.807, 2.05) is 38.1 Å². The summed E-state index contributed by atoms with van der Waals surface area (Å²) in [7, 11) is 1.64. The molecule has 128 valence electrons. The largest absolute Gasteiger partial charge is 0.497 e. The van der Waals surface area contributed by atoms with E-state index in [9.17, 15) is 4.79 Å². The van der Waals surface area contributed by atoms with Crippen LogP contribution < -0.4 is 10.1 Å². The van der Waals surface area contributed by atoms with Crippen molar-refractivity contribution in [3.63, 3.8) is 0 Å². The van der Waals surface area contributed by atoms with Crippen LogP contribution >= 0.6 is 11.3 Å². The lowest BCUT2D eigenvalue weighted by Crippen LogP contribution is -2.40. The van der Waals surface area contributed by atoms with E-state index in [2.05, 4.69) is 10.3 Å². The lowest BCUT2D eigenvalue weighted by atomic mass is 10.1. The Hall–Kier alpha value is -1.92. The second-order valence-electron chi connectivity index (χ2n) is 5.98. The van der Waals surface area contributed by atoms with Crippen LogP contribution in [0.3, 0.4) is 0 Å². The number of carbonyl (C=O) groups excluding carboxylic acids is 1. The van der Waals surface area contributed by atoms with Gasteiger partial charge in [0.1, 0.15) is 15.6 Å². The quantitative estimate of drug-likeness (QED) is 0.901. The van der Waals surface area contributed by atoms with E-state index in [0.717, 1.165) is 41.5 Å². The molecule has 1 aliphatic rings. The van der Waals surface area contributed by atoms with Gasteiger partial charge in [0.15, 0.2) is 0 Å². The first kappa shape index (κ1) is 16.9. The molecular weight excluding hydrogens is 324 g/mol. The van der Waals surface area contributed by atoms with Crippen molar-refractivity contribution in [2.75, 3.05) is 13.7 Å². The molecule has 0 spiro atoms. The van der Waals surface area contributed by atoms with Gasteiger partial charge in [0, 0.05) is 12.2 Å². The van der Waals surface area contributed by atoms with Crippen LogP contribution in [-0.2, 0) is 4.74 Å². The number of nitrogens with zero attached hydrogens (tertiary/aromatic N) is 1. The molecule has 24 heavy (non-hydrogen) atoms. The maximum absolute atomic E-state index is 12.6. The fourth-order valence-electron chi connectivity index (χ4n) is 2.83. The van der Waals surface area contributed by atoms with E-state index >= 15 is 0 Å². The third-order valence-corrected chi connectivity index (χ3v) is 5.43. The Morgan fingerprint density at radius 1 is 1.42 bits per heavy atom. The number of methoxy groups -OCH3 is 1. The minimum Gasteiger partial charge on any atom is -0.497 e. The topological polar surface area (TPSA) is 60.5 Å². The summed E-state index contributed by atoms with van der Waals surface area (Å²) in [5, 5.41) is 3.89. The first-order chi connectivity index (χ1) is 11.6. The Labute approximate surface area is 146 Å². The van der Waals surface area contributed by atoms with Gasteiger partial charge in [0.2, 0.25) is 0 Å². The molecular formula is C18H22N2O3S. The number of ether oxygens (including phenoxy) is 2. The average molecular weight is 346 g/mol. The minimum absolute atomic E-state index is 0.00550. The van der Waals surface area contributed by atoms with Crippen molar-refractivity contribution in [3.8, 4) is 16.3 Å². The summed E-state index contributed by atoms with van der Waals surface area (Å²) in [6.45, 7) is 4.65. The number of thiazole rings is 1. The van der Waals surface area contributed by atoms with Crippen molar-refractivity contribution < 1.29 is 14.3 Å². The van der Waals surface area contributed by atoms with E-state index in [1.165, 1.54) is 11.3 Å². The second kappa shape index (κ2) is 7.32. The van der Waals surface area contributed by atoms with Gasteiger partial charge in [-0.05, 0) is 51.0 Å². The molecule has 1 N–H and O–H groups in total. The summed E-state index contributed by atoms with van der Waals surface area (Å²) in [6, 6.07) is 7.70. The minimum atomic E-state index is -0.0761. The van der Waals surface area contributed by atoms with Crippen molar-refractivity contribution in [3.05, 3.63) is 34.8 Å². The number of hydrogen-bond donors (Lipinski definition) is 1. The number of nitrogens with one attached hydrogen (secondary N) is 1. The predicted molar refractivity (Wildman–Crippen MR) is 94.7 cm³/mol. The lowest BCUT2D eigenvalue weighted by molar-refractivity contribution is 0.0714. The van der Waals surface area contributed by atoms with E-state index in [4.69, 9.17) is 9.47 Å². The molecule has 0 aliphatic carbocycles. The van der Waals surface area contributed by atoms with Crippen LogP contribution in [0, 0.1) is 6.92 Å². The van der Waals surface area contributed by atoms with Crippen molar-refractivity contribution in [2.24, 2.45) is 0 Å². The van der Waals surface area contributed by atoms with Crippen molar-refractivity contribution in [2.45, 2.75) is 38.8 Å². The Morgan fingerprint density at radius 2 is 2.17 bits per heavy atom. The van der Waals surface area contributed by atoms with Gasteiger partial charge < -0.3 is 14.8 Å². The summed E-state index contributed by atoms with van der Waals surface area (Å²) in [4.78, 5) is 17.8. The van der Waals surface area contributed by atoms with Gasteiger partial charge in [-0.3, -0.25) is 4.79 Å². The molecule has 1 aromatic carbocycles. The van der Waals surface area contributed by atoms with Gasteiger partial charge >= 0.3 is 0 Å². The number of benzene rings is 1. The zero-order chi connectivity index (χ0) is 17.1. The molecule has 0 bridgehead atoms. The van der Waals surface area contributed by atoms with Crippen LogP contribution in [-0.4, -0.2) is 36.8 Å². The van der Waals surface area contributed by atoms with Crippen LogP contribution in [0.5, 0.6) is 5.75 Å². The molecule has 0 saturated carbocycles. The molecule has 1 saturated heterocycles. The first-order valence-electron chi connectivity index (χ1n) is 8.13. The number of aromatic nitrogens is 1. The average Bonchev–Trinajstić information content (AvgIpc) is 3.24. The van der Waals surface area contributed by atoms with E-state index in [1.54, 1.807) is 7.11 Å². The third kappa shape index (κ3) is 3.60. The molecule has 1 aliphatic heterocycles. The summed E-state index contributed by atoms with van der Waals surface area (Å²) in [5.41, 5.74) is 1.73. The molecule has 0 radical (unpaired) electrons. The lowest BCUT2D eigenvalue weighted by Gasteiger charge is -2.19. The van der Waals surface area contributed by atoms with Crippen LogP contribution in [0.2, 0.25) is 0 Å². The third-order valence-electron chi connectivity index (χ3n) is 4.22. The Bertz CT molecular complexity index is 706. The molecule has 1 aromatic heterocycles. The molecule has 2 atom stereocenters. The van der Waals surface area contributed by atoms with Crippen LogP contribution in [0.25, 0.3) is 10.6 Å². The Kier molecular flexibility index (Phi) is 5.16. The highest BCUT2D eigenvalue weighted by Gasteiger charge is 2.25. The number of rotatable bonds is 5. The maximum atomic E-state index is 12.6. The smallest absolute Gasteiger partial charge is 0.263 e. The normalized spacial score (nSPS) is 18.4. The van der Waals surface area contributed by atoms with Gasteiger partial charge in [-0.25, -0.2) is 4.98 Å². The van der Waals surface area contributed by atoms with E-state index in [0.29, 0.717) is 4.88 Å². The molecule has 1 fully saturated rings. The maximum Gasteiger partial charge on any atom is 0.263 e. The SMILES string of the molecule is COc1ccc(-c2nc(C)c(C(=O)N[C@@H](C)[C@H]3CCCO3)s2)cc1. The zero-order valence-electron chi connectivity index (χ0n) is 14.2. The van der Waals surface area contributed by atoms with Gasteiger partial charge in [-0.1, -0.05) is 0 Å². The van der Waals surface area contributed by atoms with Gasteiger partial charge in [-0.2, -0.15) is 0 Å². The standard InChI is InChI=1S/C18H22N2O3S/c1-11(15-5-4-10-23-15)19-17(21)16-12(2)20-18(24-16)13-6-8-14(22-3)9-7-13/h6-9,11,15H,4-5,10H2,1-3H3,(H,19,21)/t11-,15+/m0/s1. The van der Waals surface area contributed by atoms with Gasteiger partial charge in [-0.15, -0.1) is 11.3 Å². The number of aryl methyl sites for hydroxylation is 1. The summed E-state index contributed by atoms with van der Waals surface area (Å²) in [5.74, 6) is 0.725. The van der Waals surface area contributed by atoms with Gasteiger partial charge in [0.05, 0.1) is 24.9 Å².